The number of hydrogen-bond acceptors (Lipinski definition) is 2. The highest BCUT2D eigenvalue weighted by Crippen LogP contribution is 2.56. The molecule has 3 rings (SSSR count). The predicted octanol–water partition coefficient (Wildman–Crippen LogP) is 5.85. The van der Waals surface area contributed by atoms with Crippen molar-refractivity contribution in [3.63, 3.8) is 0 Å². The van der Waals surface area contributed by atoms with Crippen LogP contribution in [0.2, 0.25) is 0 Å². The summed E-state index contributed by atoms with van der Waals surface area (Å²) in [6, 6.07) is 4.39. The molecule has 0 radical (unpaired) electrons. The first kappa shape index (κ1) is 17.3. The van der Waals surface area contributed by atoms with Gasteiger partial charge in [-0.05, 0) is 64.3 Å². The number of esters is 1. The van der Waals surface area contributed by atoms with Crippen LogP contribution in [0.15, 0.2) is 18.2 Å². The Kier molecular flexibility index (Phi) is 4.14. The largest absolute Gasteiger partial charge is 0.426 e. The second-order valence-corrected chi connectivity index (χ2v) is 8.82. The van der Waals surface area contributed by atoms with Gasteiger partial charge in [0.05, 0.1) is 0 Å². The topological polar surface area (TPSA) is 26.3 Å². The van der Waals surface area contributed by atoms with Crippen LogP contribution >= 0.6 is 0 Å². The van der Waals surface area contributed by atoms with Crippen molar-refractivity contribution < 1.29 is 9.53 Å². The molecule has 2 unspecified atom stereocenters. The highest BCUT2D eigenvalue weighted by atomic mass is 16.5. The van der Waals surface area contributed by atoms with Gasteiger partial charge in [0.2, 0.25) is 0 Å². The molecule has 0 heterocycles. The van der Waals surface area contributed by atoms with Crippen LogP contribution in [-0.4, -0.2) is 5.97 Å². The molecule has 0 aromatic heterocycles. The molecule has 1 saturated carbocycles. The van der Waals surface area contributed by atoms with Gasteiger partial charge in [-0.25, -0.2) is 0 Å². The molecule has 24 heavy (non-hydrogen) atoms. The van der Waals surface area contributed by atoms with E-state index in [4.69, 9.17) is 4.74 Å². The van der Waals surface area contributed by atoms with E-state index < -0.39 is 0 Å². The minimum absolute atomic E-state index is 0.121. The summed E-state index contributed by atoms with van der Waals surface area (Å²) in [5.41, 5.74) is 4.19. The molecule has 2 aliphatic carbocycles. The summed E-state index contributed by atoms with van der Waals surface area (Å²) >= 11 is 0. The van der Waals surface area contributed by atoms with E-state index >= 15 is 0 Å². The minimum Gasteiger partial charge on any atom is -0.426 e. The third-order valence-electron chi connectivity index (χ3n) is 6.19. The van der Waals surface area contributed by atoms with Crippen molar-refractivity contribution in [3.05, 3.63) is 34.9 Å². The van der Waals surface area contributed by atoms with Gasteiger partial charge in [0.25, 0.3) is 0 Å². The van der Waals surface area contributed by atoms with Crippen LogP contribution in [0.5, 0.6) is 5.75 Å². The van der Waals surface area contributed by atoms with Crippen LogP contribution < -0.4 is 4.74 Å². The van der Waals surface area contributed by atoms with E-state index in [1.165, 1.54) is 37.3 Å². The van der Waals surface area contributed by atoms with Crippen LogP contribution in [0.3, 0.4) is 0 Å². The summed E-state index contributed by atoms with van der Waals surface area (Å²) in [5, 5.41) is 0. The quantitative estimate of drug-likeness (QED) is 0.503. The number of allylic oxidation sites excluding steroid dienone is 1. The standard InChI is InChI=1S/C22H30O2/c1-14(2)17-12-16-8-9-20-21(4,5)10-7-11-22(20,6)18(16)13-19(17)24-15(3)23/h8-9,12-14,20H,7,10-11H2,1-6H3. The third kappa shape index (κ3) is 2.70. The first-order chi connectivity index (χ1) is 11.1. The molecular formula is C22H30O2. The van der Waals surface area contributed by atoms with Gasteiger partial charge in [0.15, 0.2) is 0 Å². The van der Waals surface area contributed by atoms with Gasteiger partial charge < -0.3 is 4.74 Å². The Morgan fingerprint density at radius 2 is 1.92 bits per heavy atom. The summed E-state index contributed by atoms with van der Waals surface area (Å²) < 4.78 is 5.59. The van der Waals surface area contributed by atoms with Crippen LogP contribution in [-0.2, 0) is 10.2 Å². The van der Waals surface area contributed by atoms with Gasteiger partial charge in [-0.15, -0.1) is 0 Å². The average Bonchev–Trinajstić information content (AvgIpc) is 2.45. The summed E-state index contributed by atoms with van der Waals surface area (Å²) in [5.74, 6) is 1.36. The van der Waals surface area contributed by atoms with Crippen molar-refractivity contribution in [1.29, 1.82) is 0 Å². The lowest BCUT2D eigenvalue weighted by Gasteiger charge is -2.52. The molecule has 0 amide bonds. The van der Waals surface area contributed by atoms with Gasteiger partial charge >= 0.3 is 5.97 Å². The molecule has 0 saturated heterocycles. The zero-order chi connectivity index (χ0) is 17.7. The normalized spacial score (nSPS) is 27.5. The van der Waals surface area contributed by atoms with Gasteiger partial charge in [0.1, 0.15) is 5.75 Å². The molecule has 1 aromatic rings. The number of rotatable bonds is 2. The molecule has 1 fully saturated rings. The molecule has 1 aromatic carbocycles. The fraction of sp³-hybridized carbons (Fsp3) is 0.591. The second kappa shape index (κ2) is 5.75. The Hall–Kier alpha value is -1.57. The number of carbonyl (C=O) groups excluding carboxylic acids is 1. The van der Waals surface area contributed by atoms with Crippen LogP contribution in [0.25, 0.3) is 6.08 Å². The van der Waals surface area contributed by atoms with E-state index in [0.29, 0.717) is 17.3 Å². The van der Waals surface area contributed by atoms with Crippen LogP contribution in [0.1, 0.15) is 83.4 Å². The molecule has 2 nitrogen and oxygen atoms in total. The smallest absolute Gasteiger partial charge is 0.308 e. The Labute approximate surface area is 146 Å². The maximum absolute atomic E-state index is 11.6. The van der Waals surface area contributed by atoms with Crippen molar-refractivity contribution >= 4 is 12.0 Å². The lowest BCUT2D eigenvalue weighted by atomic mass is 9.52. The van der Waals surface area contributed by atoms with Gasteiger partial charge in [-0.3, -0.25) is 4.79 Å². The van der Waals surface area contributed by atoms with Crippen molar-refractivity contribution in [2.75, 3.05) is 0 Å². The van der Waals surface area contributed by atoms with Crippen molar-refractivity contribution in [2.45, 2.75) is 72.1 Å². The zero-order valence-corrected chi connectivity index (χ0v) is 15.9. The van der Waals surface area contributed by atoms with Gasteiger partial charge in [0, 0.05) is 6.92 Å². The summed E-state index contributed by atoms with van der Waals surface area (Å²) in [7, 11) is 0. The number of ether oxygens (including phenoxy) is 1. The van der Waals surface area contributed by atoms with Gasteiger partial charge in [-0.1, -0.05) is 53.2 Å². The molecule has 0 spiro atoms. The first-order valence-corrected chi connectivity index (χ1v) is 9.20. The van der Waals surface area contributed by atoms with E-state index in [-0.39, 0.29) is 11.4 Å². The summed E-state index contributed by atoms with van der Waals surface area (Å²) in [6.45, 7) is 13.0. The fourth-order valence-corrected chi connectivity index (χ4v) is 5.00. The Morgan fingerprint density at radius 1 is 1.21 bits per heavy atom. The number of carbonyl (C=O) groups is 1. The third-order valence-corrected chi connectivity index (χ3v) is 6.19. The SMILES string of the molecule is CC(=O)Oc1cc2c(cc1C(C)C)C=CC1C(C)(C)CCCC21C. The molecule has 0 N–H and O–H groups in total. The molecule has 0 bridgehead atoms. The fourth-order valence-electron chi connectivity index (χ4n) is 5.00. The van der Waals surface area contributed by atoms with E-state index in [0.717, 1.165) is 11.3 Å². The zero-order valence-electron chi connectivity index (χ0n) is 15.9. The van der Waals surface area contributed by atoms with Crippen molar-refractivity contribution in [2.24, 2.45) is 11.3 Å². The number of benzene rings is 1. The minimum atomic E-state index is -0.242. The maximum atomic E-state index is 11.6. The van der Waals surface area contributed by atoms with Gasteiger partial charge in [-0.2, -0.15) is 0 Å². The molecule has 2 atom stereocenters. The lowest BCUT2D eigenvalue weighted by molar-refractivity contribution is -0.131. The average molecular weight is 326 g/mol. The Bertz CT molecular complexity index is 696. The Morgan fingerprint density at radius 3 is 2.54 bits per heavy atom. The van der Waals surface area contributed by atoms with Crippen LogP contribution in [0, 0.1) is 11.3 Å². The van der Waals surface area contributed by atoms with Crippen molar-refractivity contribution in [3.8, 4) is 5.75 Å². The first-order valence-electron chi connectivity index (χ1n) is 9.20. The predicted molar refractivity (Wildman–Crippen MR) is 99.3 cm³/mol. The summed E-state index contributed by atoms with van der Waals surface area (Å²) in [6.07, 6.45) is 8.43. The van der Waals surface area contributed by atoms with E-state index in [1.54, 1.807) is 0 Å². The van der Waals surface area contributed by atoms with Crippen molar-refractivity contribution in [1.82, 2.24) is 0 Å². The number of fused-ring (bicyclic) bond motifs is 3. The molecule has 130 valence electrons. The monoisotopic (exact) mass is 326 g/mol. The van der Waals surface area contributed by atoms with Crippen LogP contribution in [0.4, 0.5) is 0 Å². The molecule has 2 aliphatic rings. The molecule has 0 aliphatic heterocycles. The molecule has 2 heteroatoms. The maximum Gasteiger partial charge on any atom is 0.308 e. The highest BCUT2D eigenvalue weighted by Gasteiger charge is 2.48. The second-order valence-electron chi connectivity index (χ2n) is 8.82. The number of hydrogen-bond donors (Lipinski definition) is 0. The van der Waals surface area contributed by atoms with E-state index in [1.807, 2.05) is 0 Å². The van der Waals surface area contributed by atoms with E-state index in [9.17, 15) is 4.79 Å². The lowest BCUT2D eigenvalue weighted by Crippen LogP contribution is -2.45. The van der Waals surface area contributed by atoms with E-state index in [2.05, 4.69) is 58.9 Å². The highest BCUT2D eigenvalue weighted by molar-refractivity contribution is 5.72. The Balaban J connectivity index is 2.17. The summed E-state index contributed by atoms with van der Waals surface area (Å²) in [4.78, 5) is 11.6. The molecular weight excluding hydrogens is 296 g/mol.